The van der Waals surface area contributed by atoms with Crippen LogP contribution < -0.4 is 4.74 Å². The van der Waals surface area contributed by atoms with Crippen molar-refractivity contribution in [3.05, 3.63) is 30.1 Å². The molecule has 0 atom stereocenters. The van der Waals surface area contributed by atoms with E-state index in [9.17, 15) is 4.79 Å². The lowest BCUT2D eigenvalue weighted by atomic mass is 10.3. The molecule has 1 N–H and O–H groups in total. The van der Waals surface area contributed by atoms with E-state index in [0.717, 1.165) is 0 Å². The smallest absolute Gasteiger partial charge is 0.356 e. The number of imidazole rings is 1. The van der Waals surface area contributed by atoms with Crippen LogP contribution in [0.1, 0.15) is 10.5 Å². The van der Waals surface area contributed by atoms with E-state index in [1.165, 1.54) is 7.11 Å². The number of fused-ring (bicyclic) bond motifs is 1. The molecule has 0 fully saturated rings. The van der Waals surface area contributed by atoms with Gasteiger partial charge >= 0.3 is 12.0 Å². The number of aromatic nitrogens is 2. The van der Waals surface area contributed by atoms with Gasteiger partial charge in [0.25, 0.3) is 0 Å². The fourth-order valence-electron chi connectivity index (χ4n) is 1.31. The molecular weight excluding hydrogens is 184 g/mol. The van der Waals surface area contributed by atoms with Crippen LogP contribution in [0.5, 0.6) is 6.01 Å². The molecule has 0 aliphatic rings. The number of ether oxygens (including phenoxy) is 1. The van der Waals surface area contributed by atoms with Crippen LogP contribution in [0.15, 0.2) is 24.4 Å². The molecule has 2 aromatic rings. The van der Waals surface area contributed by atoms with Crippen molar-refractivity contribution in [2.24, 2.45) is 0 Å². The second kappa shape index (κ2) is 3.02. The van der Waals surface area contributed by atoms with Crippen LogP contribution >= 0.6 is 0 Å². The van der Waals surface area contributed by atoms with Crippen molar-refractivity contribution in [2.45, 2.75) is 0 Å². The summed E-state index contributed by atoms with van der Waals surface area (Å²) in [5, 5.41) is 8.86. The molecule has 0 amide bonds. The molecule has 0 spiro atoms. The minimum atomic E-state index is -1.06. The second-order valence-electron chi connectivity index (χ2n) is 2.71. The number of carboxylic acid groups (broad SMARTS) is 1. The summed E-state index contributed by atoms with van der Waals surface area (Å²) >= 11 is 0. The van der Waals surface area contributed by atoms with E-state index in [4.69, 9.17) is 9.84 Å². The summed E-state index contributed by atoms with van der Waals surface area (Å²) in [5.41, 5.74) is 0.527. The van der Waals surface area contributed by atoms with E-state index in [1.54, 1.807) is 28.8 Å². The third-order valence-corrected chi connectivity index (χ3v) is 1.90. The number of hydrogen-bond donors (Lipinski definition) is 1. The topological polar surface area (TPSA) is 63.8 Å². The molecule has 2 rings (SSSR count). The predicted molar refractivity (Wildman–Crippen MR) is 48.7 cm³/mol. The van der Waals surface area contributed by atoms with Gasteiger partial charge in [-0.2, -0.15) is 4.98 Å². The molecule has 0 aromatic carbocycles. The highest BCUT2D eigenvalue weighted by molar-refractivity contribution is 5.93. The Kier molecular flexibility index (Phi) is 1.85. The van der Waals surface area contributed by atoms with Crippen LogP contribution in [-0.4, -0.2) is 27.6 Å². The van der Waals surface area contributed by atoms with Gasteiger partial charge in [0.1, 0.15) is 0 Å². The summed E-state index contributed by atoms with van der Waals surface area (Å²) in [4.78, 5) is 14.7. The molecule has 5 nitrogen and oxygen atoms in total. The Balaban J connectivity index is 2.80. The highest BCUT2D eigenvalue weighted by atomic mass is 16.5. The Labute approximate surface area is 79.6 Å². The monoisotopic (exact) mass is 192 g/mol. The van der Waals surface area contributed by atoms with Crippen molar-refractivity contribution in [3.8, 4) is 6.01 Å². The molecule has 2 heterocycles. The number of carboxylic acids is 1. The fourth-order valence-corrected chi connectivity index (χ4v) is 1.31. The molecule has 0 unspecified atom stereocenters. The highest BCUT2D eigenvalue weighted by Gasteiger charge is 2.15. The maximum absolute atomic E-state index is 10.8. The van der Waals surface area contributed by atoms with Crippen molar-refractivity contribution in [1.82, 2.24) is 9.38 Å². The van der Waals surface area contributed by atoms with Gasteiger partial charge in [0.05, 0.1) is 12.6 Å². The van der Waals surface area contributed by atoms with E-state index >= 15 is 0 Å². The Hall–Kier alpha value is -2.04. The molecule has 0 radical (unpaired) electrons. The molecule has 14 heavy (non-hydrogen) atoms. The molecule has 5 heteroatoms. The number of carbonyl (C=O) groups is 1. The molecule has 0 aliphatic heterocycles. The third kappa shape index (κ3) is 1.10. The van der Waals surface area contributed by atoms with Gasteiger partial charge in [-0.15, -0.1) is 0 Å². The molecule has 0 bridgehead atoms. The SMILES string of the molecule is COc1nc(C(=O)O)c2ccccn12. The molecule has 0 saturated heterocycles. The van der Waals surface area contributed by atoms with E-state index in [0.29, 0.717) is 5.52 Å². The van der Waals surface area contributed by atoms with Crippen molar-refractivity contribution in [1.29, 1.82) is 0 Å². The zero-order valence-corrected chi connectivity index (χ0v) is 7.47. The minimum Gasteiger partial charge on any atom is -0.476 e. The van der Waals surface area contributed by atoms with Gasteiger partial charge in [-0.1, -0.05) is 6.07 Å². The number of nitrogens with zero attached hydrogens (tertiary/aromatic N) is 2. The first-order chi connectivity index (χ1) is 6.74. The normalized spacial score (nSPS) is 10.4. The van der Waals surface area contributed by atoms with Gasteiger partial charge in [-0.25, -0.2) is 4.79 Å². The Morgan fingerprint density at radius 3 is 3.00 bits per heavy atom. The highest BCUT2D eigenvalue weighted by Crippen LogP contribution is 2.17. The number of rotatable bonds is 2. The van der Waals surface area contributed by atoms with E-state index < -0.39 is 5.97 Å². The van der Waals surface area contributed by atoms with Crippen LogP contribution in [0, 0.1) is 0 Å². The van der Waals surface area contributed by atoms with Crippen molar-refractivity contribution < 1.29 is 14.6 Å². The number of pyridine rings is 1. The zero-order valence-electron chi connectivity index (χ0n) is 7.47. The first-order valence-corrected chi connectivity index (χ1v) is 3.98. The molecule has 0 aliphatic carbocycles. The first kappa shape index (κ1) is 8.55. The van der Waals surface area contributed by atoms with Crippen LogP contribution in [-0.2, 0) is 0 Å². The maximum Gasteiger partial charge on any atom is 0.356 e. The van der Waals surface area contributed by atoms with Gasteiger partial charge < -0.3 is 9.84 Å². The lowest BCUT2D eigenvalue weighted by Gasteiger charge is -1.96. The zero-order chi connectivity index (χ0) is 10.1. The quantitative estimate of drug-likeness (QED) is 0.772. The number of methoxy groups -OCH3 is 1. The summed E-state index contributed by atoms with van der Waals surface area (Å²) in [7, 11) is 1.45. The second-order valence-corrected chi connectivity index (χ2v) is 2.71. The van der Waals surface area contributed by atoms with Gasteiger partial charge in [0.15, 0.2) is 5.69 Å². The van der Waals surface area contributed by atoms with Crippen LogP contribution in [0.4, 0.5) is 0 Å². The Morgan fingerprint density at radius 2 is 2.36 bits per heavy atom. The van der Waals surface area contributed by atoms with Crippen molar-refractivity contribution in [3.63, 3.8) is 0 Å². The lowest BCUT2D eigenvalue weighted by molar-refractivity contribution is 0.0692. The summed E-state index contributed by atoms with van der Waals surface area (Å²) in [6.07, 6.45) is 1.70. The van der Waals surface area contributed by atoms with Crippen LogP contribution in [0.25, 0.3) is 5.52 Å². The Morgan fingerprint density at radius 1 is 1.57 bits per heavy atom. The lowest BCUT2D eigenvalue weighted by Crippen LogP contribution is -1.97. The van der Waals surface area contributed by atoms with Gasteiger partial charge in [-0.05, 0) is 12.1 Å². The summed E-state index contributed by atoms with van der Waals surface area (Å²) in [5.74, 6) is -1.06. The van der Waals surface area contributed by atoms with Crippen LogP contribution in [0.2, 0.25) is 0 Å². The maximum atomic E-state index is 10.8. The van der Waals surface area contributed by atoms with Gasteiger partial charge in [0.2, 0.25) is 0 Å². The van der Waals surface area contributed by atoms with E-state index in [1.807, 2.05) is 0 Å². The Bertz CT molecular complexity index is 490. The van der Waals surface area contributed by atoms with E-state index in [2.05, 4.69) is 4.98 Å². The average Bonchev–Trinajstić information content (AvgIpc) is 2.56. The van der Waals surface area contributed by atoms with Crippen molar-refractivity contribution in [2.75, 3.05) is 7.11 Å². The summed E-state index contributed by atoms with van der Waals surface area (Å²) in [6.45, 7) is 0. The molecule has 72 valence electrons. The fraction of sp³-hybridized carbons (Fsp3) is 0.111. The average molecular weight is 192 g/mol. The standard InChI is InChI=1S/C9H8N2O3/c1-14-9-10-7(8(12)13)6-4-2-3-5-11(6)9/h2-5H,1H3,(H,12,13). The van der Waals surface area contributed by atoms with Gasteiger partial charge in [-0.3, -0.25) is 4.40 Å². The molecular formula is C9H8N2O3. The first-order valence-electron chi connectivity index (χ1n) is 3.98. The largest absolute Gasteiger partial charge is 0.476 e. The number of hydrogen-bond acceptors (Lipinski definition) is 3. The summed E-state index contributed by atoms with van der Waals surface area (Å²) < 4.78 is 6.53. The van der Waals surface area contributed by atoms with Gasteiger partial charge in [0, 0.05) is 6.20 Å². The summed E-state index contributed by atoms with van der Waals surface area (Å²) in [6, 6.07) is 5.49. The predicted octanol–water partition coefficient (Wildman–Crippen LogP) is 1.04. The minimum absolute atomic E-state index is 0.00227. The third-order valence-electron chi connectivity index (χ3n) is 1.90. The van der Waals surface area contributed by atoms with Crippen LogP contribution in [0.3, 0.4) is 0 Å². The number of aromatic carboxylic acids is 1. The molecule has 2 aromatic heterocycles. The van der Waals surface area contributed by atoms with E-state index in [-0.39, 0.29) is 11.7 Å². The molecule has 0 saturated carbocycles. The van der Waals surface area contributed by atoms with Crippen molar-refractivity contribution >= 4 is 11.5 Å².